The molecule has 2 aliphatic heterocycles. The first kappa shape index (κ1) is 21.9. The van der Waals surface area contributed by atoms with Gasteiger partial charge in [0.2, 0.25) is 5.91 Å². The van der Waals surface area contributed by atoms with Crippen LogP contribution in [0.15, 0.2) is 48.8 Å². The second-order valence-electron chi connectivity index (χ2n) is 9.87. The fraction of sp³-hybridized carbons (Fsp3) is 0.444. The highest BCUT2D eigenvalue weighted by Gasteiger charge is 2.37. The van der Waals surface area contributed by atoms with E-state index < -0.39 is 0 Å². The van der Waals surface area contributed by atoms with E-state index in [9.17, 15) is 4.79 Å². The molecule has 3 fully saturated rings. The summed E-state index contributed by atoms with van der Waals surface area (Å²) in [4.78, 5) is 19.5. The Labute approximate surface area is 205 Å². The summed E-state index contributed by atoms with van der Waals surface area (Å²) in [6.45, 7) is 7.21. The molecule has 1 amide bonds. The zero-order chi connectivity index (χ0) is 23.8. The van der Waals surface area contributed by atoms with Crippen molar-refractivity contribution in [1.82, 2.24) is 19.8 Å². The molecule has 0 bridgehead atoms. The van der Waals surface area contributed by atoms with Gasteiger partial charge in [-0.3, -0.25) is 4.79 Å². The lowest BCUT2D eigenvalue weighted by atomic mass is 9.75. The van der Waals surface area contributed by atoms with Crippen LogP contribution in [-0.4, -0.2) is 72.8 Å². The van der Waals surface area contributed by atoms with Crippen molar-refractivity contribution < 1.29 is 4.79 Å². The molecule has 2 saturated heterocycles. The van der Waals surface area contributed by atoms with Gasteiger partial charge >= 0.3 is 0 Å². The maximum Gasteiger partial charge on any atom is 0.225 e. The minimum atomic E-state index is 0.0463. The molecule has 0 spiro atoms. The molecule has 2 aromatic heterocycles. The van der Waals surface area contributed by atoms with Crippen LogP contribution in [0.2, 0.25) is 0 Å². The Hall–Kier alpha value is -3.57. The zero-order valence-corrected chi connectivity index (χ0v) is 19.9. The lowest BCUT2D eigenvalue weighted by Crippen LogP contribution is -2.52. The lowest BCUT2D eigenvalue weighted by molar-refractivity contribution is -0.139. The van der Waals surface area contributed by atoms with Crippen LogP contribution in [0.5, 0.6) is 0 Å². The van der Waals surface area contributed by atoms with E-state index in [1.54, 1.807) is 0 Å². The molecule has 35 heavy (non-hydrogen) atoms. The summed E-state index contributed by atoms with van der Waals surface area (Å²) in [7, 11) is 0. The molecule has 0 radical (unpaired) electrons. The van der Waals surface area contributed by atoms with Crippen LogP contribution in [0, 0.1) is 23.2 Å². The quantitative estimate of drug-likeness (QED) is 0.633. The third kappa shape index (κ3) is 4.21. The number of aromatic nitrogens is 2. The summed E-state index contributed by atoms with van der Waals surface area (Å²) in [5.74, 6) is 0.340. The minimum absolute atomic E-state index is 0.0463. The number of hydrogen-bond acceptors (Lipinski definition) is 6. The van der Waals surface area contributed by atoms with E-state index in [1.165, 1.54) is 11.3 Å². The fourth-order valence-electron chi connectivity index (χ4n) is 5.56. The number of rotatable bonds is 4. The maximum atomic E-state index is 12.8. The van der Waals surface area contributed by atoms with E-state index in [0.717, 1.165) is 82.0 Å². The molecule has 4 heterocycles. The van der Waals surface area contributed by atoms with Gasteiger partial charge in [-0.05, 0) is 42.7 Å². The van der Waals surface area contributed by atoms with Crippen molar-refractivity contribution in [3.05, 3.63) is 48.8 Å². The van der Waals surface area contributed by atoms with Crippen LogP contribution in [0.4, 0.5) is 11.4 Å². The second kappa shape index (κ2) is 9.23. The molecular weight excluding hydrogens is 438 g/mol. The average Bonchev–Trinajstić information content (AvgIpc) is 3.33. The minimum Gasteiger partial charge on any atom is -0.369 e. The first-order chi connectivity index (χ1) is 17.2. The largest absolute Gasteiger partial charge is 0.369 e. The summed E-state index contributed by atoms with van der Waals surface area (Å²) in [6, 6.07) is 15.4. The number of amides is 1. The molecule has 1 N–H and O–H groups in total. The fourth-order valence-corrected chi connectivity index (χ4v) is 5.56. The van der Waals surface area contributed by atoms with Crippen molar-refractivity contribution in [3.63, 3.8) is 0 Å². The molecule has 1 aromatic carbocycles. The number of piperazine rings is 2. The number of benzene rings is 1. The molecule has 0 unspecified atom stereocenters. The Morgan fingerprint density at radius 2 is 1.69 bits per heavy atom. The molecule has 3 aromatic rings. The van der Waals surface area contributed by atoms with E-state index in [1.807, 2.05) is 15.6 Å². The molecule has 8 nitrogen and oxygen atoms in total. The van der Waals surface area contributed by atoms with Gasteiger partial charge < -0.3 is 20.0 Å². The van der Waals surface area contributed by atoms with E-state index in [4.69, 9.17) is 5.26 Å². The van der Waals surface area contributed by atoms with Gasteiger partial charge in [0, 0.05) is 87.8 Å². The number of fused-ring (bicyclic) bond motifs is 1. The normalized spacial score (nSPS) is 22.7. The van der Waals surface area contributed by atoms with Gasteiger partial charge in [-0.2, -0.15) is 10.4 Å². The van der Waals surface area contributed by atoms with Crippen LogP contribution >= 0.6 is 0 Å². The van der Waals surface area contributed by atoms with E-state index in [-0.39, 0.29) is 17.7 Å². The summed E-state index contributed by atoms with van der Waals surface area (Å²) < 4.78 is 1.96. The average molecular weight is 470 g/mol. The van der Waals surface area contributed by atoms with Gasteiger partial charge in [0.05, 0.1) is 17.3 Å². The maximum absolute atomic E-state index is 12.8. The Bertz CT molecular complexity index is 1240. The summed E-state index contributed by atoms with van der Waals surface area (Å²) in [5.41, 5.74) is 5.86. The van der Waals surface area contributed by atoms with Crippen molar-refractivity contribution in [3.8, 4) is 17.2 Å². The predicted molar refractivity (Wildman–Crippen MR) is 136 cm³/mol. The molecule has 1 saturated carbocycles. The highest BCUT2D eigenvalue weighted by Crippen LogP contribution is 2.35. The molecule has 6 rings (SSSR count). The van der Waals surface area contributed by atoms with Crippen molar-refractivity contribution in [1.29, 1.82) is 5.26 Å². The third-order valence-corrected chi connectivity index (χ3v) is 7.77. The molecule has 3 aliphatic rings. The second-order valence-corrected chi connectivity index (χ2v) is 9.87. The van der Waals surface area contributed by atoms with Gasteiger partial charge in [0.25, 0.3) is 0 Å². The number of carbonyl (C=O) groups is 1. The topological polar surface area (TPSA) is 79.9 Å². The van der Waals surface area contributed by atoms with Crippen LogP contribution in [0.25, 0.3) is 16.6 Å². The number of nitrogens with one attached hydrogen (secondary N) is 1. The first-order valence-corrected chi connectivity index (χ1v) is 12.7. The van der Waals surface area contributed by atoms with Crippen molar-refractivity contribution in [2.45, 2.75) is 12.8 Å². The molecule has 180 valence electrons. The van der Waals surface area contributed by atoms with Gasteiger partial charge in [0.15, 0.2) is 0 Å². The van der Waals surface area contributed by atoms with E-state index in [2.05, 4.69) is 68.9 Å². The highest BCUT2D eigenvalue weighted by atomic mass is 16.2. The number of hydrogen-bond donors (Lipinski definition) is 1. The zero-order valence-electron chi connectivity index (χ0n) is 19.9. The number of carbonyl (C=O) groups excluding carboxylic acids is 1. The van der Waals surface area contributed by atoms with E-state index in [0.29, 0.717) is 0 Å². The number of anilines is 2. The Balaban J connectivity index is 1.16. The van der Waals surface area contributed by atoms with Gasteiger partial charge in [0.1, 0.15) is 0 Å². The predicted octanol–water partition coefficient (Wildman–Crippen LogP) is 2.61. The smallest absolute Gasteiger partial charge is 0.225 e. The lowest BCUT2D eigenvalue weighted by Gasteiger charge is -2.40. The van der Waals surface area contributed by atoms with Crippen LogP contribution in [0.1, 0.15) is 12.8 Å². The summed E-state index contributed by atoms with van der Waals surface area (Å²) in [6.07, 6.45) is 5.40. The molecular formula is C27H31N7O. The summed E-state index contributed by atoms with van der Waals surface area (Å²) in [5, 5.41) is 17.0. The standard InChI is InChI=1S/C27H31N7O/c28-18-20-15-22(16-20)27(35)33-13-11-32(12-14-33)25-5-6-30-34-19-23(17-26(25)34)21-1-3-24(4-2-21)31-9-7-29-8-10-31/h1-6,17,19-20,22,29H,7-16H2/t20-,22-. The van der Waals surface area contributed by atoms with Gasteiger partial charge in [-0.15, -0.1) is 0 Å². The van der Waals surface area contributed by atoms with Gasteiger partial charge in [-0.25, -0.2) is 4.52 Å². The summed E-state index contributed by atoms with van der Waals surface area (Å²) >= 11 is 0. The Morgan fingerprint density at radius 1 is 0.943 bits per heavy atom. The third-order valence-electron chi connectivity index (χ3n) is 7.77. The van der Waals surface area contributed by atoms with E-state index >= 15 is 0 Å². The van der Waals surface area contributed by atoms with Crippen LogP contribution in [0.3, 0.4) is 0 Å². The Morgan fingerprint density at radius 3 is 2.40 bits per heavy atom. The SMILES string of the molecule is N#C[C@H]1C[C@H](C(=O)N2CCN(c3ccnn4cc(-c5ccc(N6CCNCC6)cc5)cc34)CC2)C1. The molecule has 1 aliphatic carbocycles. The number of nitrogens with zero attached hydrogens (tertiary/aromatic N) is 6. The highest BCUT2D eigenvalue weighted by molar-refractivity contribution is 5.82. The van der Waals surface area contributed by atoms with Crippen molar-refractivity contribution >= 4 is 22.8 Å². The monoisotopic (exact) mass is 469 g/mol. The molecule has 0 atom stereocenters. The van der Waals surface area contributed by atoms with Gasteiger partial charge in [-0.1, -0.05) is 12.1 Å². The van der Waals surface area contributed by atoms with Crippen LogP contribution < -0.4 is 15.1 Å². The first-order valence-electron chi connectivity index (χ1n) is 12.7. The number of nitriles is 1. The van der Waals surface area contributed by atoms with Crippen LogP contribution in [-0.2, 0) is 4.79 Å². The van der Waals surface area contributed by atoms with Crippen molar-refractivity contribution in [2.75, 3.05) is 62.2 Å². The van der Waals surface area contributed by atoms with Crippen molar-refractivity contribution in [2.24, 2.45) is 11.8 Å². The molecule has 8 heteroatoms. The Kier molecular flexibility index (Phi) is 5.78.